The number of hydrogen-bond acceptors (Lipinski definition) is 4. The Balaban J connectivity index is 2.99. The van der Waals surface area contributed by atoms with Crippen molar-refractivity contribution in [2.24, 2.45) is 5.73 Å². The number of nitrogens with two attached hydrogens (primary N) is 1. The first kappa shape index (κ1) is 15.1. The molecule has 0 spiro atoms. The molecular formula is C11H17INO3P. The second-order valence-corrected chi connectivity index (χ2v) is 6.77. The van der Waals surface area contributed by atoms with Gasteiger partial charge in [0.2, 0.25) is 0 Å². The van der Waals surface area contributed by atoms with Crippen molar-refractivity contribution in [1.82, 2.24) is 0 Å². The molecule has 0 aliphatic rings. The molecule has 0 aliphatic carbocycles. The van der Waals surface area contributed by atoms with Crippen LogP contribution in [0.4, 0.5) is 0 Å². The van der Waals surface area contributed by atoms with Crippen LogP contribution < -0.4 is 5.73 Å². The van der Waals surface area contributed by atoms with Crippen molar-refractivity contribution in [1.29, 1.82) is 0 Å². The van der Waals surface area contributed by atoms with Crippen LogP contribution in [0.25, 0.3) is 0 Å². The fraction of sp³-hybridized carbons (Fsp3) is 0.455. The quantitative estimate of drug-likeness (QED) is 0.616. The molecule has 0 amide bonds. The molecule has 6 heteroatoms. The fourth-order valence-corrected chi connectivity index (χ4v) is 3.64. The molecular weight excluding hydrogens is 352 g/mol. The van der Waals surface area contributed by atoms with Gasteiger partial charge in [-0.15, -0.1) is 0 Å². The lowest BCUT2D eigenvalue weighted by Crippen LogP contribution is -2.15. The van der Waals surface area contributed by atoms with Crippen molar-refractivity contribution in [3.63, 3.8) is 0 Å². The van der Waals surface area contributed by atoms with E-state index in [4.69, 9.17) is 14.8 Å². The molecule has 0 aliphatic heterocycles. The van der Waals surface area contributed by atoms with Gasteiger partial charge in [0.25, 0.3) is 0 Å². The molecule has 0 bridgehead atoms. The van der Waals surface area contributed by atoms with E-state index in [0.29, 0.717) is 13.2 Å². The molecule has 1 rings (SSSR count). The first-order chi connectivity index (χ1) is 8.03. The Morgan fingerprint density at radius 2 is 1.94 bits per heavy atom. The van der Waals surface area contributed by atoms with E-state index in [1.165, 1.54) is 0 Å². The Kier molecular flexibility index (Phi) is 6.09. The van der Waals surface area contributed by atoms with E-state index in [0.717, 1.165) is 9.13 Å². The molecule has 96 valence electrons. The van der Waals surface area contributed by atoms with Crippen molar-refractivity contribution in [3.8, 4) is 0 Å². The normalized spacial score (nSPS) is 13.6. The van der Waals surface area contributed by atoms with Crippen LogP contribution in [0.2, 0.25) is 0 Å². The van der Waals surface area contributed by atoms with Gasteiger partial charge >= 0.3 is 7.60 Å². The van der Waals surface area contributed by atoms with Gasteiger partial charge in [-0.2, -0.15) is 0 Å². The highest BCUT2D eigenvalue weighted by molar-refractivity contribution is 14.1. The van der Waals surface area contributed by atoms with Crippen LogP contribution in [0, 0.1) is 3.57 Å². The summed E-state index contributed by atoms with van der Waals surface area (Å²) in [7, 11) is -3.28. The van der Waals surface area contributed by atoms with E-state index < -0.39 is 13.4 Å². The van der Waals surface area contributed by atoms with E-state index in [9.17, 15) is 4.57 Å². The maximum absolute atomic E-state index is 12.5. The second-order valence-electron chi connectivity index (χ2n) is 3.38. The molecule has 0 fully saturated rings. The summed E-state index contributed by atoms with van der Waals surface area (Å²) in [6, 6.07) is 7.54. The molecule has 0 aromatic heterocycles. The van der Waals surface area contributed by atoms with Crippen molar-refractivity contribution in [3.05, 3.63) is 33.4 Å². The lowest BCUT2D eigenvalue weighted by atomic mass is 10.2. The van der Waals surface area contributed by atoms with Crippen molar-refractivity contribution in [2.75, 3.05) is 13.2 Å². The van der Waals surface area contributed by atoms with Crippen LogP contribution in [0.15, 0.2) is 24.3 Å². The van der Waals surface area contributed by atoms with Crippen LogP contribution in [-0.2, 0) is 13.6 Å². The monoisotopic (exact) mass is 369 g/mol. The zero-order valence-electron chi connectivity index (χ0n) is 9.93. The molecule has 0 unspecified atom stereocenters. The summed E-state index contributed by atoms with van der Waals surface area (Å²) in [6.07, 6.45) is 0. The maximum Gasteiger partial charge on any atom is 0.351 e. The Morgan fingerprint density at radius 3 is 2.41 bits per heavy atom. The van der Waals surface area contributed by atoms with Crippen molar-refractivity contribution < 1.29 is 13.6 Å². The van der Waals surface area contributed by atoms with Gasteiger partial charge in [-0.3, -0.25) is 4.57 Å². The van der Waals surface area contributed by atoms with Gasteiger partial charge in [-0.1, -0.05) is 12.1 Å². The predicted molar refractivity (Wildman–Crippen MR) is 76.9 cm³/mol. The summed E-state index contributed by atoms with van der Waals surface area (Å²) in [6.45, 7) is 4.17. The van der Waals surface area contributed by atoms with Crippen LogP contribution in [0.3, 0.4) is 0 Å². The standard InChI is InChI=1S/C11H17INO3P/c1-3-15-17(14,16-4-2)11(13)9-6-5-7-10(12)8-9/h5-8,11H,3-4,13H2,1-2H3/t11-/m0/s1. The molecule has 17 heavy (non-hydrogen) atoms. The van der Waals surface area contributed by atoms with Gasteiger partial charge in [0.1, 0.15) is 5.78 Å². The average Bonchev–Trinajstić information content (AvgIpc) is 2.28. The highest BCUT2D eigenvalue weighted by Gasteiger charge is 2.33. The average molecular weight is 369 g/mol. The number of hydrogen-bond donors (Lipinski definition) is 1. The van der Waals surface area contributed by atoms with E-state index in [-0.39, 0.29) is 0 Å². The highest BCUT2D eigenvalue weighted by atomic mass is 127. The van der Waals surface area contributed by atoms with E-state index in [1.807, 2.05) is 24.3 Å². The second kappa shape index (κ2) is 6.85. The number of benzene rings is 1. The van der Waals surface area contributed by atoms with E-state index >= 15 is 0 Å². The first-order valence-corrected chi connectivity index (χ1v) is 8.12. The third-order valence-electron chi connectivity index (χ3n) is 2.15. The predicted octanol–water partition coefficient (Wildman–Crippen LogP) is 3.51. The molecule has 0 saturated carbocycles. The van der Waals surface area contributed by atoms with Gasteiger partial charge in [0.15, 0.2) is 0 Å². The SMILES string of the molecule is CCOP(=O)(OCC)[C@H](N)c1cccc(I)c1. The zero-order chi connectivity index (χ0) is 12.9. The topological polar surface area (TPSA) is 61.5 Å². The van der Waals surface area contributed by atoms with E-state index in [2.05, 4.69) is 22.6 Å². The summed E-state index contributed by atoms with van der Waals surface area (Å²) < 4.78 is 24.0. The Labute approximate surface area is 116 Å². The lowest BCUT2D eigenvalue weighted by Gasteiger charge is -2.23. The van der Waals surface area contributed by atoms with Crippen LogP contribution in [0.5, 0.6) is 0 Å². The summed E-state index contributed by atoms with van der Waals surface area (Å²) in [4.78, 5) is 0. The van der Waals surface area contributed by atoms with Crippen LogP contribution >= 0.6 is 30.2 Å². The molecule has 0 heterocycles. The summed E-state index contributed by atoms with van der Waals surface area (Å²) >= 11 is 2.18. The molecule has 0 radical (unpaired) electrons. The minimum Gasteiger partial charge on any atom is -0.314 e. The largest absolute Gasteiger partial charge is 0.351 e. The third kappa shape index (κ3) is 4.03. The summed E-state index contributed by atoms with van der Waals surface area (Å²) in [5, 5.41) is 0. The van der Waals surface area contributed by atoms with Gasteiger partial charge < -0.3 is 14.8 Å². The Morgan fingerprint density at radius 1 is 1.35 bits per heavy atom. The fourth-order valence-electron chi connectivity index (χ4n) is 1.43. The Hall–Kier alpha value is 0.0600. The smallest absolute Gasteiger partial charge is 0.314 e. The Bertz CT molecular complexity index is 403. The number of halogens is 1. The molecule has 1 atom stereocenters. The molecule has 4 nitrogen and oxygen atoms in total. The molecule has 2 N–H and O–H groups in total. The molecule has 0 saturated heterocycles. The highest BCUT2D eigenvalue weighted by Crippen LogP contribution is 2.58. The maximum atomic E-state index is 12.5. The van der Waals surface area contributed by atoms with Gasteiger partial charge in [-0.05, 0) is 54.1 Å². The first-order valence-electron chi connectivity index (χ1n) is 5.43. The summed E-state index contributed by atoms with van der Waals surface area (Å²) in [5.74, 6) is -0.739. The van der Waals surface area contributed by atoms with E-state index in [1.54, 1.807) is 13.8 Å². The van der Waals surface area contributed by atoms with Gasteiger partial charge in [-0.25, -0.2) is 0 Å². The minimum absolute atomic E-state index is 0.314. The van der Waals surface area contributed by atoms with Crippen molar-refractivity contribution in [2.45, 2.75) is 19.6 Å². The van der Waals surface area contributed by atoms with Crippen LogP contribution in [0.1, 0.15) is 25.2 Å². The molecule has 1 aromatic rings. The molecule has 1 aromatic carbocycles. The minimum atomic E-state index is -3.28. The number of rotatable bonds is 6. The van der Waals surface area contributed by atoms with Gasteiger partial charge in [0.05, 0.1) is 13.2 Å². The third-order valence-corrected chi connectivity index (χ3v) is 5.04. The summed E-state index contributed by atoms with van der Waals surface area (Å²) in [5.41, 5.74) is 6.76. The lowest BCUT2D eigenvalue weighted by molar-refractivity contribution is 0.212. The van der Waals surface area contributed by atoms with Crippen molar-refractivity contribution >= 4 is 30.2 Å². The van der Waals surface area contributed by atoms with Gasteiger partial charge in [0, 0.05) is 3.57 Å². The zero-order valence-corrected chi connectivity index (χ0v) is 13.0. The van der Waals surface area contributed by atoms with Crippen LogP contribution in [-0.4, -0.2) is 13.2 Å².